The maximum atomic E-state index is 12.0. The number of carbonyl (C=O) groups is 1. The first-order valence-corrected chi connectivity index (χ1v) is 10.6. The zero-order chi connectivity index (χ0) is 21.2. The molecule has 1 aromatic carbocycles. The van der Waals surface area contributed by atoms with Crippen LogP contribution in [0.2, 0.25) is 0 Å². The van der Waals surface area contributed by atoms with Gasteiger partial charge in [-0.1, -0.05) is 18.2 Å². The Labute approximate surface area is 199 Å². The van der Waals surface area contributed by atoms with E-state index in [0.29, 0.717) is 29.7 Å². The van der Waals surface area contributed by atoms with Crippen molar-refractivity contribution in [3.63, 3.8) is 0 Å². The summed E-state index contributed by atoms with van der Waals surface area (Å²) in [5, 5.41) is 7.44. The van der Waals surface area contributed by atoms with E-state index in [2.05, 4.69) is 20.6 Å². The van der Waals surface area contributed by atoms with Crippen molar-refractivity contribution in [3.05, 3.63) is 45.4 Å². The molecule has 166 valence electrons. The summed E-state index contributed by atoms with van der Waals surface area (Å²) in [4.78, 5) is 21.8. The second kappa shape index (κ2) is 13.4. The molecule has 1 unspecified atom stereocenters. The first-order valence-electron chi connectivity index (χ1n) is 9.81. The van der Waals surface area contributed by atoms with Crippen LogP contribution < -0.4 is 15.4 Å². The average molecular weight is 546 g/mol. The van der Waals surface area contributed by atoms with Gasteiger partial charge in [-0.2, -0.15) is 0 Å². The molecule has 0 saturated carbocycles. The summed E-state index contributed by atoms with van der Waals surface area (Å²) in [5.41, 5.74) is 1.81. The average Bonchev–Trinajstić information content (AvgIpc) is 3.10. The zero-order valence-corrected chi connectivity index (χ0v) is 21.3. The molecule has 7 nitrogen and oxygen atoms in total. The standard InChI is InChI=1S/C21H30N4O3S.HI/c1-6-22-21(23-13-12-16-10-8-9-11-17(16)27-5)25-15(4)19-24-14(3)18(29-19)20(26)28-7-2;/h8-11,15H,6-7,12-13H2,1-5H3,(H2,22,23,25);1H. The van der Waals surface area contributed by atoms with Gasteiger partial charge in [0.2, 0.25) is 0 Å². The monoisotopic (exact) mass is 546 g/mol. The minimum atomic E-state index is -0.321. The lowest BCUT2D eigenvalue weighted by Gasteiger charge is -2.16. The number of halogens is 1. The highest BCUT2D eigenvalue weighted by Crippen LogP contribution is 2.24. The Balaban J connectivity index is 0.00000450. The second-order valence-corrected chi connectivity index (χ2v) is 7.41. The number of nitrogens with zero attached hydrogens (tertiary/aromatic N) is 2. The number of ether oxygens (including phenoxy) is 2. The zero-order valence-electron chi connectivity index (χ0n) is 18.2. The summed E-state index contributed by atoms with van der Waals surface area (Å²) in [6.45, 7) is 9.36. The highest BCUT2D eigenvalue weighted by molar-refractivity contribution is 14.0. The largest absolute Gasteiger partial charge is 0.496 e. The summed E-state index contributed by atoms with van der Waals surface area (Å²) in [6.07, 6.45) is 0.776. The summed E-state index contributed by atoms with van der Waals surface area (Å²) in [5.74, 6) is 1.26. The number of hydrogen-bond donors (Lipinski definition) is 2. The summed E-state index contributed by atoms with van der Waals surface area (Å²) in [7, 11) is 1.68. The van der Waals surface area contributed by atoms with E-state index in [1.165, 1.54) is 11.3 Å². The van der Waals surface area contributed by atoms with Crippen LogP contribution in [0.5, 0.6) is 5.75 Å². The van der Waals surface area contributed by atoms with E-state index in [-0.39, 0.29) is 36.0 Å². The SMILES string of the molecule is CCNC(=NCCc1ccccc1OC)NC(C)c1nc(C)c(C(=O)OCC)s1.I. The number of rotatable bonds is 9. The number of aliphatic imine (C=N–C) groups is 1. The molecule has 9 heteroatoms. The van der Waals surface area contributed by atoms with Crippen LogP contribution in [0.25, 0.3) is 0 Å². The number of guanidine groups is 1. The lowest BCUT2D eigenvalue weighted by molar-refractivity contribution is 0.0531. The number of hydrogen-bond acceptors (Lipinski definition) is 6. The topological polar surface area (TPSA) is 84.8 Å². The predicted molar refractivity (Wildman–Crippen MR) is 132 cm³/mol. The van der Waals surface area contributed by atoms with Crippen LogP contribution in [0, 0.1) is 6.92 Å². The van der Waals surface area contributed by atoms with Crippen LogP contribution in [0.3, 0.4) is 0 Å². The molecule has 0 spiro atoms. The van der Waals surface area contributed by atoms with Crippen molar-refractivity contribution in [3.8, 4) is 5.75 Å². The van der Waals surface area contributed by atoms with Gasteiger partial charge in [-0.3, -0.25) is 4.99 Å². The Morgan fingerprint density at radius 2 is 2.03 bits per heavy atom. The summed E-state index contributed by atoms with van der Waals surface area (Å²) in [6, 6.07) is 7.87. The van der Waals surface area contributed by atoms with E-state index in [4.69, 9.17) is 9.47 Å². The predicted octanol–water partition coefficient (Wildman–Crippen LogP) is 4.11. The minimum absolute atomic E-state index is 0. The molecule has 0 aliphatic rings. The maximum Gasteiger partial charge on any atom is 0.350 e. The van der Waals surface area contributed by atoms with E-state index < -0.39 is 0 Å². The van der Waals surface area contributed by atoms with Crippen LogP contribution in [-0.2, 0) is 11.2 Å². The smallest absolute Gasteiger partial charge is 0.350 e. The molecule has 0 radical (unpaired) electrons. The van der Waals surface area contributed by atoms with E-state index in [1.54, 1.807) is 14.0 Å². The number of esters is 1. The Morgan fingerprint density at radius 1 is 1.30 bits per heavy atom. The number of para-hydroxylation sites is 1. The molecule has 0 fully saturated rings. The van der Waals surface area contributed by atoms with Gasteiger partial charge in [0, 0.05) is 13.1 Å². The number of nitrogens with one attached hydrogen (secondary N) is 2. The fourth-order valence-corrected chi connectivity index (χ4v) is 3.74. The Hall–Kier alpha value is -1.88. The highest BCUT2D eigenvalue weighted by atomic mass is 127. The van der Waals surface area contributed by atoms with Crippen molar-refractivity contribution < 1.29 is 14.3 Å². The minimum Gasteiger partial charge on any atom is -0.496 e. The van der Waals surface area contributed by atoms with Gasteiger partial charge < -0.3 is 20.1 Å². The molecule has 0 aliphatic carbocycles. The maximum absolute atomic E-state index is 12.0. The molecule has 2 aromatic rings. The molecule has 1 heterocycles. The molecule has 0 amide bonds. The number of thiazole rings is 1. The molecule has 0 aliphatic heterocycles. The Kier molecular flexibility index (Phi) is 11.7. The third-order valence-electron chi connectivity index (χ3n) is 4.19. The van der Waals surface area contributed by atoms with Gasteiger partial charge >= 0.3 is 5.97 Å². The van der Waals surface area contributed by atoms with Crippen LogP contribution in [0.15, 0.2) is 29.3 Å². The number of aromatic nitrogens is 1. The van der Waals surface area contributed by atoms with Gasteiger partial charge in [0.25, 0.3) is 0 Å². The number of methoxy groups -OCH3 is 1. The van der Waals surface area contributed by atoms with Crippen molar-refractivity contribution in [2.45, 2.75) is 40.2 Å². The lowest BCUT2D eigenvalue weighted by Crippen LogP contribution is -2.38. The van der Waals surface area contributed by atoms with E-state index in [9.17, 15) is 4.79 Å². The van der Waals surface area contributed by atoms with Crippen molar-refractivity contribution in [2.75, 3.05) is 26.8 Å². The molecule has 1 atom stereocenters. The van der Waals surface area contributed by atoms with Crippen LogP contribution in [0.4, 0.5) is 0 Å². The third-order valence-corrected chi connectivity index (χ3v) is 5.51. The highest BCUT2D eigenvalue weighted by Gasteiger charge is 2.20. The van der Waals surface area contributed by atoms with Crippen molar-refractivity contribution in [2.24, 2.45) is 4.99 Å². The van der Waals surface area contributed by atoms with Gasteiger partial charge in [0.1, 0.15) is 15.6 Å². The quantitative estimate of drug-likeness (QED) is 0.213. The van der Waals surface area contributed by atoms with E-state index in [0.717, 1.165) is 29.3 Å². The summed E-state index contributed by atoms with van der Waals surface area (Å²) < 4.78 is 10.5. The second-order valence-electron chi connectivity index (χ2n) is 6.38. The molecule has 2 N–H and O–H groups in total. The molecule has 0 bridgehead atoms. The molecule has 30 heavy (non-hydrogen) atoms. The first kappa shape index (κ1) is 26.2. The summed E-state index contributed by atoms with van der Waals surface area (Å²) >= 11 is 1.35. The Bertz CT molecular complexity index is 841. The van der Waals surface area contributed by atoms with Gasteiger partial charge in [0.15, 0.2) is 5.96 Å². The third kappa shape index (κ3) is 7.42. The molecular weight excluding hydrogens is 515 g/mol. The fraction of sp³-hybridized carbons (Fsp3) is 0.476. The van der Waals surface area contributed by atoms with Gasteiger partial charge in [-0.15, -0.1) is 35.3 Å². The molecule has 0 saturated heterocycles. The van der Waals surface area contributed by atoms with Crippen molar-refractivity contribution in [1.29, 1.82) is 0 Å². The first-order chi connectivity index (χ1) is 14.0. The lowest BCUT2D eigenvalue weighted by atomic mass is 10.1. The van der Waals surface area contributed by atoms with Crippen LogP contribution >= 0.6 is 35.3 Å². The van der Waals surface area contributed by atoms with Crippen LogP contribution in [0.1, 0.15) is 52.7 Å². The normalized spacial score (nSPS) is 12.0. The molecule has 2 rings (SSSR count). The van der Waals surface area contributed by atoms with E-state index >= 15 is 0 Å². The number of benzene rings is 1. The molecular formula is C21H31IN4O3S. The molecule has 1 aromatic heterocycles. The van der Waals surface area contributed by atoms with E-state index in [1.807, 2.05) is 45.0 Å². The van der Waals surface area contributed by atoms with Crippen molar-refractivity contribution in [1.82, 2.24) is 15.6 Å². The number of carbonyl (C=O) groups excluding carboxylic acids is 1. The Morgan fingerprint density at radius 3 is 2.70 bits per heavy atom. The van der Waals surface area contributed by atoms with Gasteiger partial charge in [-0.05, 0) is 45.7 Å². The van der Waals surface area contributed by atoms with Crippen molar-refractivity contribution >= 4 is 47.2 Å². The number of aryl methyl sites for hydroxylation is 1. The van der Waals surface area contributed by atoms with Gasteiger partial charge in [-0.25, -0.2) is 9.78 Å². The van der Waals surface area contributed by atoms with Gasteiger partial charge in [0.05, 0.1) is 25.5 Å². The van der Waals surface area contributed by atoms with Crippen LogP contribution in [-0.4, -0.2) is 43.7 Å². The fourth-order valence-electron chi connectivity index (χ4n) is 2.77.